The summed E-state index contributed by atoms with van der Waals surface area (Å²) in [4.78, 5) is 4.18. The molecule has 0 saturated heterocycles. The molecule has 0 unspecified atom stereocenters. The standard InChI is InChI=1S/C13H22N2O2/c1-16-10-9-14-8-4-3-5-12-6-7-13(17-2)15-11-12/h6-7,11,14H,3-5,8-10H2,1-2H3. The van der Waals surface area contributed by atoms with E-state index < -0.39 is 0 Å². The lowest BCUT2D eigenvalue weighted by Gasteiger charge is -2.04. The van der Waals surface area contributed by atoms with Crippen LogP contribution in [0, 0.1) is 0 Å². The highest BCUT2D eigenvalue weighted by molar-refractivity contribution is 5.17. The second-order valence-electron chi connectivity index (χ2n) is 3.91. The number of aryl methyl sites for hydroxylation is 1. The van der Waals surface area contributed by atoms with Crippen LogP contribution in [0.25, 0.3) is 0 Å². The van der Waals surface area contributed by atoms with Crippen molar-refractivity contribution in [3.8, 4) is 5.88 Å². The van der Waals surface area contributed by atoms with E-state index in [1.807, 2.05) is 12.3 Å². The van der Waals surface area contributed by atoms with Gasteiger partial charge in [-0.15, -0.1) is 0 Å². The Labute approximate surface area is 103 Å². The van der Waals surface area contributed by atoms with Gasteiger partial charge in [0.25, 0.3) is 0 Å². The number of hydrogen-bond acceptors (Lipinski definition) is 4. The number of unbranched alkanes of at least 4 members (excludes halogenated alkanes) is 1. The van der Waals surface area contributed by atoms with Crippen molar-refractivity contribution >= 4 is 0 Å². The Kier molecular flexibility index (Phi) is 7.34. The summed E-state index contributed by atoms with van der Waals surface area (Å²) < 4.78 is 9.97. The number of nitrogens with one attached hydrogen (secondary N) is 1. The van der Waals surface area contributed by atoms with Gasteiger partial charge in [-0.25, -0.2) is 4.98 Å². The quantitative estimate of drug-likeness (QED) is 0.664. The number of nitrogens with zero attached hydrogens (tertiary/aromatic N) is 1. The van der Waals surface area contributed by atoms with Crippen molar-refractivity contribution in [2.24, 2.45) is 0 Å². The summed E-state index contributed by atoms with van der Waals surface area (Å²) in [6.07, 6.45) is 5.31. The maximum Gasteiger partial charge on any atom is 0.212 e. The zero-order chi connectivity index (χ0) is 12.3. The molecule has 0 bridgehead atoms. The minimum atomic E-state index is 0.676. The fraction of sp³-hybridized carbons (Fsp3) is 0.615. The van der Waals surface area contributed by atoms with Gasteiger partial charge in [-0.1, -0.05) is 6.07 Å². The van der Waals surface area contributed by atoms with Gasteiger partial charge in [0.15, 0.2) is 0 Å². The minimum Gasteiger partial charge on any atom is -0.481 e. The number of methoxy groups -OCH3 is 2. The second kappa shape index (κ2) is 8.96. The van der Waals surface area contributed by atoms with E-state index in [1.54, 1.807) is 14.2 Å². The molecular formula is C13H22N2O2. The molecule has 4 heteroatoms. The fourth-order valence-electron chi connectivity index (χ4n) is 1.56. The van der Waals surface area contributed by atoms with Gasteiger partial charge >= 0.3 is 0 Å². The van der Waals surface area contributed by atoms with Gasteiger partial charge in [0, 0.05) is 25.9 Å². The SMILES string of the molecule is COCCNCCCCc1ccc(OC)nc1. The molecule has 17 heavy (non-hydrogen) atoms. The van der Waals surface area contributed by atoms with Crippen molar-refractivity contribution in [1.82, 2.24) is 10.3 Å². The lowest BCUT2D eigenvalue weighted by molar-refractivity contribution is 0.199. The van der Waals surface area contributed by atoms with Gasteiger partial charge in [0.1, 0.15) is 0 Å². The molecule has 0 amide bonds. The molecule has 0 atom stereocenters. The Balaban J connectivity index is 2.05. The zero-order valence-corrected chi connectivity index (χ0v) is 10.7. The lowest BCUT2D eigenvalue weighted by Crippen LogP contribution is -2.20. The van der Waals surface area contributed by atoms with Crippen LogP contribution in [0.5, 0.6) is 5.88 Å². The second-order valence-corrected chi connectivity index (χ2v) is 3.91. The summed E-state index contributed by atoms with van der Waals surface area (Å²) in [6, 6.07) is 3.98. The first-order valence-corrected chi connectivity index (χ1v) is 6.05. The summed E-state index contributed by atoms with van der Waals surface area (Å²) >= 11 is 0. The van der Waals surface area contributed by atoms with Crippen molar-refractivity contribution in [3.63, 3.8) is 0 Å². The smallest absolute Gasteiger partial charge is 0.212 e. The van der Waals surface area contributed by atoms with Gasteiger partial charge in [-0.05, 0) is 31.4 Å². The van der Waals surface area contributed by atoms with E-state index in [9.17, 15) is 0 Å². The number of hydrogen-bond donors (Lipinski definition) is 1. The van der Waals surface area contributed by atoms with E-state index in [-0.39, 0.29) is 0 Å². The van der Waals surface area contributed by atoms with Crippen LogP contribution in [-0.2, 0) is 11.2 Å². The molecular weight excluding hydrogens is 216 g/mol. The molecule has 1 heterocycles. The number of aromatic nitrogens is 1. The number of ether oxygens (including phenoxy) is 2. The molecule has 1 N–H and O–H groups in total. The molecule has 96 valence electrons. The Morgan fingerprint density at radius 1 is 1.18 bits per heavy atom. The van der Waals surface area contributed by atoms with Crippen molar-refractivity contribution in [3.05, 3.63) is 23.9 Å². The predicted octanol–water partition coefficient (Wildman–Crippen LogP) is 1.65. The average molecular weight is 238 g/mol. The van der Waals surface area contributed by atoms with E-state index in [0.29, 0.717) is 5.88 Å². The minimum absolute atomic E-state index is 0.676. The Bertz CT molecular complexity index is 288. The summed E-state index contributed by atoms with van der Waals surface area (Å²) in [5.41, 5.74) is 1.27. The maximum atomic E-state index is 5.02. The molecule has 0 aliphatic carbocycles. The molecule has 0 aliphatic heterocycles. The highest BCUT2D eigenvalue weighted by Crippen LogP contribution is 2.08. The maximum absolute atomic E-state index is 5.02. The molecule has 1 aromatic heterocycles. The molecule has 0 fully saturated rings. The monoisotopic (exact) mass is 238 g/mol. The molecule has 0 spiro atoms. The average Bonchev–Trinajstić information content (AvgIpc) is 2.38. The normalized spacial score (nSPS) is 10.5. The molecule has 0 aromatic carbocycles. The van der Waals surface area contributed by atoms with Crippen LogP contribution in [0.15, 0.2) is 18.3 Å². The molecule has 0 saturated carbocycles. The molecule has 0 radical (unpaired) electrons. The van der Waals surface area contributed by atoms with Gasteiger partial charge in [0.2, 0.25) is 5.88 Å². The molecule has 1 rings (SSSR count). The van der Waals surface area contributed by atoms with Gasteiger partial charge in [-0.3, -0.25) is 0 Å². The van der Waals surface area contributed by atoms with Gasteiger partial charge < -0.3 is 14.8 Å². The fourth-order valence-corrected chi connectivity index (χ4v) is 1.56. The Morgan fingerprint density at radius 3 is 2.71 bits per heavy atom. The third kappa shape index (κ3) is 6.24. The first kappa shape index (κ1) is 13.9. The van der Waals surface area contributed by atoms with Gasteiger partial charge in [0.05, 0.1) is 13.7 Å². The molecule has 4 nitrogen and oxygen atoms in total. The van der Waals surface area contributed by atoms with Gasteiger partial charge in [-0.2, -0.15) is 0 Å². The van der Waals surface area contributed by atoms with Crippen LogP contribution in [0.3, 0.4) is 0 Å². The largest absolute Gasteiger partial charge is 0.481 e. The van der Waals surface area contributed by atoms with E-state index in [0.717, 1.165) is 26.1 Å². The third-order valence-corrected chi connectivity index (χ3v) is 2.56. The zero-order valence-electron chi connectivity index (χ0n) is 10.7. The van der Waals surface area contributed by atoms with E-state index in [4.69, 9.17) is 9.47 Å². The number of rotatable bonds is 9. The van der Waals surface area contributed by atoms with Crippen LogP contribution in [-0.4, -0.2) is 38.9 Å². The van der Waals surface area contributed by atoms with Crippen LogP contribution >= 0.6 is 0 Å². The van der Waals surface area contributed by atoms with Crippen molar-refractivity contribution < 1.29 is 9.47 Å². The topological polar surface area (TPSA) is 43.4 Å². The van der Waals surface area contributed by atoms with Crippen LogP contribution in [0.1, 0.15) is 18.4 Å². The number of pyridine rings is 1. The third-order valence-electron chi connectivity index (χ3n) is 2.56. The van der Waals surface area contributed by atoms with Crippen molar-refractivity contribution in [2.75, 3.05) is 33.9 Å². The van der Waals surface area contributed by atoms with Crippen LogP contribution < -0.4 is 10.1 Å². The van der Waals surface area contributed by atoms with E-state index in [1.165, 1.54) is 18.4 Å². The highest BCUT2D eigenvalue weighted by Gasteiger charge is 1.96. The highest BCUT2D eigenvalue weighted by atomic mass is 16.5. The Hall–Kier alpha value is -1.13. The van der Waals surface area contributed by atoms with Crippen molar-refractivity contribution in [1.29, 1.82) is 0 Å². The molecule has 1 aromatic rings. The van der Waals surface area contributed by atoms with E-state index in [2.05, 4.69) is 16.4 Å². The van der Waals surface area contributed by atoms with Crippen LogP contribution in [0.2, 0.25) is 0 Å². The first-order chi connectivity index (χ1) is 8.36. The summed E-state index contributed by atoms with van der Waals surface area (Å²) in [6.45, 7) is 2.76. The van der Waals surface area contributed by atoms with E-state index >= 15 is 0 Å². The molecule has 0 aliphatic rings. The van der Waals surface area contributed by atoms with Crippen LogP contribution in [0.4, 0.5) is 0 Å². The summed E-state index contributed by atoms with van der Waals surface area (Å²) in [5, 5.41) is 3.33. The first-order valence-electron chi connectivity index (χ1n) is 6.05. The lowest BCUT2D eigenvalue weighted by atomic mass is 10.1. The predicted molar refractivity (Wildman–Crippen MR) is 68.5 cm³/mol. The van der Waals surface area contributed by atoms with Crippen molar-refractivity contribution in [2.45, 2.75) is 19.3 Å². The summed E-state index contributed by atoms with van der Waals surface area (Å²) in [5.74, 6) is 0.676. The summed E-state index contributed by atoms with van der Waals surface area (Å²) in [7, 11) is 3.35. The Morgan fingerprint density at radius 2 is 2.06 bits per heavy atom.